The zero-order valence-corrected chi connectivity index (χ0v) is 13.2. The Morgan fingerprint density at radius 1 is 1.29 bits per heavy atom. The van der Waals surface area contributed by atoms with Gasteiger partial charge in [-0.2, -0.15) is 0 Å². The van der Waals surface area contributed by atoms with Crippen LogP contribution in [0.15, 0.2) is 40.9 Å². The van der Waals surface area contributed by atoms with Gasteiger partial charge in [0.1, 0.15) is 0 Å². The predicted octanol–water partition coefficient (Wildman–Crippen LogP) is 4.57. The van der Waals surface area contributed by atoms with Crippen molar-refractivity contribution in [3.05, 3.63) is 67.1 Å². The molecule has 0 spiro atoms. The van der Waals surface area contributed by atoms with Crippen molar-refractivity contribution in [1.82, 2.24) is 0 Å². The fraction of sp³-hybridized carbons (Fsp3) is 0.0714. The second kappa shape index (κ2) is 6.24. The minimum Gasteiger partial charge on any atom is -0.322 e. The number of aryl methyl sites for hydroxylation is 1. The molecule has 2 aromatic carbocycles. The number of nitrogens with zero attached hydrogens (tertiary/aromatic N) is 1. The number of anilines is 1. The first-order valence-electron chi connectivity index (χ1n) is 5.89. The third-order valence-corrected chi connectivity index (χ3v) is 3.45. The first kappa shape index (κ1) is 15.5. The molecule has 0 aliphatic rings. The monoisotopic (exact) mass is 368 g/mol. The molecule has 0 heterocycles. The molecule has 0 saturated heterocycles. The number of carbonyl (C=O) groups is 1. The molecule has 0 aromatic heterocycles. The Bertz CT molecular complexity index is 714. The molecule has 1 amide bonds. The van der Waals surface area contributed by atoms with E-state index in [0.29, 0.717) is 26.3 Å². The number of benzene rings is 2. The van der Waals surface area contributed by atoms with Gasteiger partial charge in [0.15, 0.2) is 0 Å². The first-order chi connectivity index (χ1) is 9.86. The van der Waals surface area contributed by atoms with Crippen LogP contribution < -0.4 is 5.32 Å². The number of nitro benzene ring substituents is 1. The maximum atomic E-state index is 12.1. The quantitative estimate of drug-likeness (QED) is 0.636. The number of nitro groups is 1. The van der Waals surface area contributed by atoms with Crippen molar-refractivity contribution in [2.24, 2.45) is 0 Å². The molecule has 0 fully saturated rings. The minimum atomic E-state index is -0.463. The number of carbonyl (C=O) groups excluding carboxylic acids is 1. The van der Waals surface area contributed by atoms with E-state index in [1.54, 1.807) is 31.2 Å². The van der Waals surface area contributed by atoms with Gasteiger partial charge in [0.2, 0.25) is 0 Å². The van der Waals surface area contributed by atoms with Crippen molar-refractivity contribution in [3.8, 4) is 0 Å². The molecule has 1 N–H and O–H groups in total. The van der Waals surface area contributed by atoms with E-state index in [1.807, 2.05) is 0 Å². The SMILES string of the molecule is Cc1cc(NC(=O)c2cc(Cl)cc(Br)c2)ccc1[N+](=O)[O-]. The molecule has 0 aliphatic heterocycles. The lowest BCUT2D eigenvalue weighted by molar-refractivity contribution is -0.385. The summed E-state index contributed by atoms with van der Waals surface area (Å²) in [6, 6.07) is 9.25. The molecule has 5 nitrogen and oxygen atoms in total. The maximum Gasteiger partial charge on any atom is 0.272 e. The maximum absolute atomic E-state index is 12.1. The largest absolute Gasteiger partial charge is 0.322 e. The van der Waals surface area contributed by atoms with Crippen molar-refractivity contribution < 1.29 is 9.72 Å². The molecule has 2 rings (SSSR count). The molecule has 2 aromatic rings. The van der Waals surface area contributed by atoms with E-state index in [9.17, 15) is 14.9 Å². The van der Waals surface area contributed by atoms with Crippen LogP contribution in [0.3, 0.4) is 0 Å². The molecule has 0 bridgehead atoms. The third kappa shape index (κ3) is 3.80. The predicted molar refractivity (Wildman–Crippen MR) is 84.9 cm³/mol. The zero-order chi connectivity index (χ0) is 15.6. The van der Waals surface area contributed by atoms with E-state index in [0.717, 1.165) is 0 Å². The van der Waals surface area contributed by atoms with Crippen LogP contribution in [0.1, 0.15) is 15.9 Å². The van der Waals surface area contributed by atoms with Gasteiger partial charge in [0.05, 0.1) is 4.92 Å². The summed E-state index contributed by atoms with van der Waals surface area (Å²) in [6.07, 6.45) is 0. The van der Waals surface area contributed by atoms with Crippen LogP contribution in [-0.4, -0.2) is 10.8 Å². The summed E-state index contributed by atoms with van der Waals surface area (Å²) in [6.45, 7) is 1.61. The average Bonchev–Trinajstić information content (AvgIpc) is 2.37. The number of hydrogen-bond donors (Lipinski definition) is 1. The van der Waals surface area contributed by atoms with Crippen LogP contribution in [0, 0.1) is 17.0 Å². The van der Waals surface area contributed by atoms with Crippen LogP contribution in [0.25, 0.3) is 0 Å². The zero-order valence-electron chi connectivity index (χ0n) is 10.9. The first-order valence-corrected chi connectivity index (χ1v) is 7.06. The van der Waals surface area contributed by atoms with E-state index >= 15 is 0 Å². The fourth-order valence-corrected chi connectivity index (χ4v) is 2.69. The fourth-order valence-electron chi connectivity index (χ4n) is 1.83. The Kier molecular flexibility index (Phi) is 4.59. The van der Waals surface area contributed by atoms with Crippen molar-refractivity contribution in [2.75, 3.05) is 5.32 Å². The van der Waals surface area contributed by atoms with Crippen LogP contribution in [0.5, 0.6) is 0 Å². The number of halogens is 2. The van der Waals surface area contributed by atoms with Crippen molar-refractivity contribution in [3.63, 3.8) is 0 Å². The number of rotatable bonds is 3. The van der Waals surface area contributed by atoms with Crippen LogP contribution in [-0.2, 0) is 0 Å². The van der Waals surface area contributed by atoms with Crippen LogP contribution in [0.2, 0.25) is 5.02 Å². The number of nitrogens with one attached hydrogen (secondary N) is 1. The highest BCUT2D eigenvalue weighted by molar-refractivity contribution is 9.10. The van der Waals surface area contributed by atoms with Gasteiger partial charge >= 0.3 is 0 Å². The molecule has 0 atom stereocenters. The summed E-state index contributed by atoms with van der Waals surface area (Å²) in [5, 5.41) is 13.9. The topological polar surface area (TPSA) is 72.2 Å². The van der Waals surface area contributed by atoms with Gasteiger partial charge in [-0.3, -0.25) is 14.9 Å². The second-order valence-electron chi connectivity index (χ2n) is 4.37. The molecular weight excluding hydrogens is 360 g/mol. The van der Waals surface area contributed by atoms with Crippen molar-refractivity contribution >= 4 is 44.8 Å². The van der Waals surface area contributed by atoms with E-state index in [-0.39, 0.29) is 11.6 Å². The molecule has 0 radical (unpaired) electrons. The van der Waals surface area contributed by atoms with E-state index in [4.69, 9.17) is 11.6 Å². The summed E-state index contributed by atoms with van der Waals surface area (Å²) >= 11 is 9.16. The standard InChI is InChI=1S/C14H10BrClN2O3/c1-8-4-12(2-3-13(8)18(20)21)17-14(19)9-5-10(15)7-11(16)6-9/h2-7H,1H3,(H,17,19). The van der Waals surface area contributed by atoms with E-state index in [1.165, 1.54) is 12.1 Å². The Morgan fingerprint density at radius 3 is 2.57 bits per heavy atom. The Morgan fingerprint density at radius 2 is 2.00 bits per heavy atom. The summed E-state index contributed by atoms with van der Waals surface area (Å²) in [5.41, 5.74) is 1.37. The van der Waals surface area contributed by atoms with Gasteiger partial charge in [-0.15, -0.1) is 0 Å². The normalized spacial score (nSPS) is 10.2. The molecule has 7 heteroatoms. The average molecular weight is 370 g/mol. The summed E-state index contributed by atoms with van der Waals surface area (Å²) in [5.74, 6) is -0.341. The van der Waals surface area contributed by atoms with Gasteiger partial charge in [0.25, 0.3) is 11.6 Å². The number of hydrogen-bond acceptors (Lipinski definition) is 3. The Balaban J connectivity index is 2.23. The smallest absolute Gasteiger partial charge is 0.272 e. The lowest BCUT2D eigenvalue weighted by Gasteiger charge is -2.07. The Labute approximate surface area is 134 Å². The number of amides is 1. The van der Waals surface area contributed by atoms with Gasteiger partial charge in [0, 0.05) is 32.4 Å². The lowest BCUT2D eigenvalue weighted by atomic mass is 10.1. The molecular formula is C14H10BrClN2O3. The highest BCUT2D eigenvalue weighted by atomic mass is 79.9. The molecule has 108 valence electrons. The van der Waals surface area contributed by atoms with Gasteiger partial charge in [-0.1, -0.05) is 27.5 Å². The summed E-state index contributed by atoms with van der Waals surface area (Å²) in [4.78, 5) is 22.4. The summed E-state index contributed by atoms with van der Waals surface area (Å²) < 4.78 is 0.694. The molecule has 21 heavy (non-hydrogen) atoms. The van der Waals surface area contributed by atoms with Crippen LogP contribution in [0.4, 0.5) is 11.4 Å². The van der Waals surface area contributed by atoms with Gasteiger partial charge in [-0.05, 0) is 37.3 Å². The lowest BCUT2D eigenvalue weighted by Crippen LogP contribution is -2.12. The van der Waals surface area contributed by atoms with Crippen LogP contribution >= 0.6 is 27.5 Å². The van der Waals surface area contributed by atoms with E-state index in [2.05, 4.69) is 21.2 Å². The third-order valence-electron chi connectivity index (χ3n) is 2.78. The van der Waals surface area contributed by atoms with E-state index < -0.39 is 4.92 Å². The molecule has 0 saturated carbocycles. The highest BCUT2D eigenvalue weighted by Crippen LogP contribution is 2.23. The Hall–Kier alpha value is -1.92. The van der Waals surface area contributed by atoms with Gasteiger partial charge in [-0.25, -0.2) is 0 Å². The van der Waals surface area contributed by atoms with Gasteiger partial charge < -0.3 is 5.32 Å². The highest BCUT2D eigenvalue weighted by Gasteiger charge is 2.12. The van der Waals surface area contributed by atoms with Crippen molar-refractivity contribution in [1.29, 1.82) is 0 Å². The second-order valence-corrected chi connectivity index (χ2v) is 5.72. The molecule has 0 aliphatic carbocycles. The minimum absolute atomic E-state index is 0.0125. The van der Waals surface area contributed by atoms with Crippen molar-refractivity contribution in [2.45, 2.75) is 6.92 Å². The molecule has 0 unspecified atom stereocenters. The summed E-state index contributed by atoms with van der Waals surface area (Å²) in [7, 11) is 0.